The molecule has 0 aliphatic heterocycles. The molecule has 0 radical (unpaired) electrons. The van der Waals surface area contributed by atoms with Gasteiger partial charge in [0.2, 0.25) is 0 Å². The predicted molar refractivity (Wildman–Crippen MR) is 87.3 cm³/mol. The summed E-state index contributed by atoms with van der Waals surface area (Å²) in [6.07, 6.45) is 10.7. The van der Waals surface area contributed by atoms with E-state index in [1.54, 1.807) is 0 Å². The Kier molecular flexibility index (Phi) is 3.49. The van der Waals surface area contributed by atoms with Crippen molar-refractivity contribution in [3.8, 4) is 0 Å². The maximum absolute atomic E-state index is 11.9. The minimum Gasteiger partial charge on any atom is -0.396 e. The first-order valence-corrected chi connectivity index (χ1v) is 9.61. The smallest absolute Gasteiger partial charge is 0.133 e. The molecule has 2 unspecified atom stereocenters. The summed E-state index contributed by atoms with van der Waals surface area (Å²) in [5.74, 6) is 4.26. The van der Waals surface area contributed by atoms with Crippen molar-refractivity contribution >= 4 is 5.78 Å². The maximum atomic E-state index is 11.9. The van der Waals surface area contributed by atoms with E-state index in [1.807, 2.05) is 0 Å². The van der Waals surface area contributed by atoms with E-state index in [1.165, 1.54) is 38.5 Å². The lowest BCUT2D eigenvalue weighted by molar-refractivity contribution is -0.140. The van der Waals surface area contributed by atoms with Crippen LogP contribution in [0, 0.1) is 40.4 Å². The van der Waals surface area contributed by atoms with Gasteiger partial charge in [-0.15, -0.1) is 0 Å². The Morgan fingerprint density at radius 1 is 1.00 bits per heavy atom. The molecule has 0 heterocycles. The van der Waals surface area contributed by atoms with Gasteiger partial charge in [-0.05, 0) is 85.4 Å². The zero-order valence-electron chi connectivity index (χ0n) is 14.3. The fourth-order valence-corrected chi connectivity index (χ4v) is 7.45. The minimum atomic E-state index is 0.388. The van der Waals surface area contributed by atoms with E-state index in [0.717, 1.165) is 37.0 Å². The first-order chi connectivity index (χ1) is 10.5. The summed E-state index contributed by atoms with van der Waals surface area (Å²) in [6, 6.07) is 0. The first kappa shape index (κ1) is 15.2. The van der Waals surface area contributed by atoms with Crippen molar-refractivity contribution in [2.75, 3.05) is 6.61 Å². The van der Waals surface area contributed by atoms with E-state index >= 15 is 0 Å². The third-order valence-electron chi connectivity index (χ3n) is 8.90. The van der Waals surface area contributed by atoms with Crippen LogP contribution < -0.4 is 0 Å². The number of carbonyl (C=O) groups is 1. The van der Waals surface area contributed by atoms with Gasteiger partial charge in [0.1, 0.15) is 5.78 Å². The van der Waals surface area contributed by atoms with Crippen molar-refractivity contribution in [2.45, 2.75) is 71.6 Å². The average Bonchev–Trinajstić information content (AvgIpc) is 2.84. The lowest BCUT2D eigenvalue weighted by Crippen LogP contribution is -2.53. The van der Waals surface area contributed by atoms with E-state index < -0.39 is 0 Å². The Hall–Kier alpha value is -0.370. The number of fused-ring (bicyclic) bond motifs is 5. The fourth-order valence-electron chi connectivity index (χ4n) is 7.45. The highest BCUT2D eigenvalue weighted by Crippen LogP contribution is 2.67. The molecule has 2 nitrogen and oxygen atoms in total. The van der Waals surface area contributed by atoms with Crippen LogP contribution in [-0.2, 0) is 4.79 Å². The van der Waals surface area contributed by atoms with Crippen molar-refractivity contribution in [1.82, 2.24) is 0 Å². The molecule has 7 atom stereocenters. The van der Waals surface area contributed by atoms with Crippen LogP contribution >= 0.6 is 0 Å². The molecular weight excluding hydrogens is 272 g/mol. The molecule has 0 aromatic rings. The van der Waals surface area contributed by atoms with Gasteiger partial charge in [0, 0.05) is 19.4 Å². The molecule has 0 spiro atoms. The number of carbonyl (C=O) groups excluding carboxylic acids is 1. The Balaban J connectivity index is 1.62. The van der Waals surface area contributed by atoms with Gasteiger partial charge in [0.25, 0.3) is 0 Å². The first-order valence-electron chi connectivity index (χ1n) is 9.61. The second kappa shape index (κ2) is 5.06. The Morgan fingerprint density at radius 2 is 1.77 bits per heavy atom. The van der Waals surface area contributed by atoms with Crippen LogP contribution in [0.1, 0.15) is 71.6 Å². The standard InChI is InChI=1S/C20H32O2/c1-19-9-7-15(22)11-13(19)3-5-16-17-6-4-14(12-21)20(17,2)10-8-18(16)19/h13-14,16-18,21H,3-12H2,1-2H3/t13?,14?,16-,17-,18+,19-,20+/m0/s1. The minimum absolute atomic E-state index is 0.388. The zero-order chi connectivity index (χ0) is 15.5. The van der Waals surface area contributed by atoms with Crippen LogP contribution in [0.2, 0.25) is 0 Å². The third-order valence-corrected chi connectivity index (χ3v) is 8.90. The summed E-state index contributed by atoms with van der Waals surface area (Å²) in [7, 11) is 0. The normalized spacial score (nSPS) is 54.5. The van der Waals surface area contributed by atoms with Gasteiger partial charge >= 0.3 is 0 Å². The summed E-state index contributed by atoms with van der Waals surface area (Å²) < 4.78 is 0. The monoisotopic (exact) mass is 304 g/mol. The van der Waals surface area contributed by atoms with E-state index in [2.05, 4.69) is 13.8 Å². The van der Waals surface area contributed by atoms with E-state index in [0.29, 0.717) is 35.1 Å². The maximum Gasteiger partial charge on any atom is 0.133 e. The summed E-state index contributed by atoms with van der Waals surface area (Å²) in [5.41, 5.74) is 0.819. The fraction of sp³-hybridized carbons (Fsp3) is 0.950. The van der Waals surface area contributed by atoms with Crippen molar-refractivity contribution in [3.63, 3.8) is 0 Å². The highest BCUT2D eigenvalue weighted by Gasteiger charge is 2.59. The molecule has 0 amide bonds. The van der Waals surface area contributed by atoms with Crippen molar-refractivity contribution in [2.24, 2.45) is 40.4 Å². The van der Waals surface area contributed by atoms with Crippen molar-refractivity contribution < 1.29 is 9.90 Å². The topological polar surface area (TPSA) is 37.3 Å². The van der Waals surface area contributed by atoms with Gasteiger partial charge in [0.05, 0.1) is 0 Å². The molecule has 4 aliphatic carbocycles. The Bertz CT molecular complexity index is 472. The van der Waals surface area contributed by atoms with E-state index in [4.69, 9.17) is 0 Å². The molecule has 4 fully saturated rings. The van der Waals surface area contributed by atoms with Crippen LogP contribution in [0.25, 0.3) is 0 Å². The highest BCUT2D eigenvalue weighted by atomic mass is 16.3. The van der Waals surface area contributed by atoms with Crippen LogP contribution in [0.5, 0.6) is 0 Å². The molecular formula is C20H32O2. The molecule has 0 saturated heterocycles. The quantitative estimate of drug-likeness (QED) is 0.788. The average molecular weight is 304 g/mol. The summed E-state index contributed by atoms with van der Waals surface area (Å²) in [6.45, 7) is 5.38. The van der Waals surface area contributed by atoms with Crippen LogP contribution in [0.4, 0.5) is 0 Å². The molecule has 1 N–H and O–H groups in total. The number of ketones is 1. The lowest BCUT2D eigenvalue weighted by Gasteiger charge is -2.60. The number of aliphatic hydroxyl groups is 1. The molecule has 0 aromatic carbocycles. The number of Topliss-reactive ketones (excluding diaryl/α,β-unsaturated/α-hetero) is 1. The van der Waals surface area contributed by atoms with E-state index in [-0.39, 0.29) is 0 Å². The molecule has 4 saturated carbocycles. The molecule has 22 heavy (non-hydrogen) atoms. The van der Waals surface area contributed by atoms with E-state index in [9.17, 15) is 9.90 Å². The van der Waals surface area contributed by atoms with Gasteiger partial charge in [0.15, 0.2) is 0 Å². The molecule has 2 heteroatoms. The second-order valence-electron chi connectivity index (χ2n) is 9.40. The molecule has 4 aliphatic rings. The van der Waals surface area contributed by atoms with Gasteiger partial charge < -0.3 is 5.11 Å². The predicted octanol–water partition coefficient (Wildman–Crippen LogP) is 4.21. The molecule has 124 valence electrons. The Labute approximate surface area is 135 Å². The summed E-state index contributed by atoms with van der Waals surface area (Å²) >= 11 is 0. The van der Waals surface area contributed by atoms with Crippen LogP contribution in [0.3, 0.4) is 0 Å². The van der Waals surface area contributed by atoms with Crippen molar-refractivity contribution in [3.05, 3.63) is 0 Å². The van der Waals surface area contributed by atoms with Gasteiger partial charge in [-0.25, -0.2) is 0 Å². The lowest BCUT2D eigenvalue weighted by atomic mass is 9.45. The number of rotatable bonds is 1. The third kappa shape index (κ3) is 1.92. The number of hydrogen-bond donors (Lipinski definition) is 1. The van der Waals surface area contributed by atoms with Gasteiger partial charge in [-0.1, -0.05) is 13.8 Å². The largest absolute Gasteiger partial charge is 0.396 e. The second-order valence-corrected chi connectivity index (χ2v) is 9.40. The van der Waals surface area contributed by atoms with Crippen molar-refractivity contribution in [1.29, 1.82) is 0 Å². The van der Waals surface area contributed by atoms with Crippen LogP contribution in [-0.4, -0.2) is 17.5 Å². The molecule has 0 bridgehead atoms. The summed E-state index contributed by atoms with van der Waals surface area (Å²) in [4.78, 5) is 11.9. The Morgan fingerprint density at radius 3 is 2.55 bits per heavy atom. The SMILES string of the molecule is C[C@]12CCC(=O)CC1CC[C@@H]1[C@H]2CC[C@]2(C)C(CO)CC[C@@H]12. The van der Waals surface area contributed by atoms with Gasteiger partial charge in [-0.3, -0.25) is 4.79 Å². The van der Waals surface area contributed by atoms with Crippen LogP contribution in [0.15, 0.2) is 0 Å². The number of aliphatic hydroxyl groups excluding tert-OH is 1. The summed E-state index contributed by atoms with van der Waals surface area (Å²) in [5, 5.41) is 9.80. The molecule has 4 rings (SSSR count). The van der Waals surface area contributed by atoms with Gasteiger partial charge in [-0.2, -0.15) is 0 Å². The highest BCUT2D eigenvalue weighted by molar-refractivity contribution is 5.79. The molecule has 0 aromatic heterocycles. The number of hydrogen-bond acceptors (Lipinski definition) is 2. The zero-order valence-corrected chi connectivity index (χ0v) is 14.3.